The highest BCUT2D eigenvalue weighted by Crippen LogP contribution is 2.50. The van der Waals surface area contributed by atoms with Crippen LogP contribution in [0.5, 0.6) is 0 Å². The molecule has 0 saturated heterocycles. The number of furan rings is 1. The first-order valence-electron chi connectivity index (χ1n) is 5.36. The van der Waals surface area contributed by atoms with Crippen LogP contribution in [0.1, 0.15) is 38.0 Å². The van der Waals surface area contributed by atoms with Crippen LogP contribution in [0.15, 0.2) is 22.8 Å². The molecule has 2 nitrogen and oxygen atoms in total. The molecule has 0 aromatic carbocycles. The molecule has 1 aliphatic rings. The molecule has 16 heavy (non-hydrogen) atoms. The van der Waals surface area contributed by atoms with Crippen molar-refractivity contribution >= 4 is 0 Å². The van der Waals surface area contributed by atoms with Gasteiger partial charge in [-0.05, 0) is 31.4 Å². The van der Waals surface area contributed by atoms with E-state index in [9.17, 15) is 13.2 Å². The topological polar surface area (TPSA) is 25.2 Å². The van der Waals surface area contributed by atoms with Crippen molar-refractivity contribution in [1.29, 1.82) is 0 Å². The SMILES string of the molecule is CCC(NC1(C(F)(F)F)CC1)c1ccco1. The summed E-state index contributed by atoms with van der Waals surface area (Å²) in [7, 11) is 0. The molecule has 1 N–H and O–H groups in total. The molecule has 0 aliphatic heterocycles. The summed E-state index contributed by atoms with van der Waals surface area (Å²) in [4.78, 5) is 0. The third-order valence-corrected chi connectivity index (χ3v) is 3.04. The lowest BCUT2D eigenvalue weighted by Crippen LogP contribution is -2.46. The van der Waals surface area contributed by atoms with Gasteiger partial charge in [-0.3, -0.25) is 5.32 Å². The summed E-state index contributed by atoms with van der Waals surface area (Å²) in [5.74, 6) is 0.568. The van der Waals surface area contributed by atoms with Gasteiger partial charge in [0, 0.05) is 0 Å². The van der Waals surface area contributed by atoms with E-state index < -0.39 is 11.7 Å². The molecule has 0 radical (unpaired) electrons. The molecule has 1 aliphatic carbocycles. The van der Waals surface area contributed by atoms with Crippen molar-refractivity contribution in [2.24, 2.45) is 0 Å². The number of alkyl halides is 3. The largest absolute Gasteiger partial charge is 0.468 e. The fourth-order valence-corrected chi connectivity index (χ4v) is 1.83. The lowest BCUT2D eigenvalue weighted by Gasteiger charge is -2.25. The van der Waals surface area contributed by atoms with Gasteiger partial charge < -0.3 is 4.42 Å². The van der Waals surface area contributed by atoms with Gasteiger partial charge in [0.25, 0.3) is 0 Å². The van der Waals surface area contributed by atoms with Crippen LogP contribution >= 0.6 is 0 Å². The smallest absolute Gasteiger partial charge is 0.406 e. The Balaban J connectivity index is 2.09. The van der Waals surface area contributed by atoms with Gasteiger partial charge in [-0.1, -0.05) is 6.92 Å². The van der Waals surface area contributed by atoms with Crippen LogP contribution in [-0.4, -0.2) is 11.7 Å². The Kier molecular flexibility index (Phi) is 2.74. The molecule has 2 rings (SSSR count). The number of halogens is 3. The second kappa shape index (κ2) is 3.80. The van der Waals surface area contributed by atoms with Crippen molar-refractivity contribution in [2.45, 2.75) is 43.9 Å². The molecule has 1 aromatic heterocycles. The van der Waals surface area contributed by atoms with E-state index in [1.807, 2.05) is 6.92 Å². The van der Waals surface area contributed by atoms with E-state index >= 15 is 0 Å². The average molecular weight is 233 g/mol. The van der Waals surface area contributed by atoms with Crippen molar-refractivity contribution in [3.8, 4) is 0 Å². The maximum atomic E-state index is 12.7. The van der Waals surface area contributed by atoms with E-state index in [0.29, 0.717) is 12.2 Å². The number of hydrogen-bond acceptors (Lipinski definition) is 2. The Bertz CT molecular complexity index is 341. The third-order valence-electron chi connectivity index (χ3n) is 3.04. The highest BCUT2D eigenvalue weighted by Gasteiger charge is 2.63. The fourth-order valence-electron chi connectivity index (χ4n) is 1.83. The molecule has 1 unspecified atom stereocenters. The molecule has 1 heterocycles. The molecule has 1 saturated carbocycles. The quantitative estimate of drug-likeness (QED) is 0.862. The van der Waals surface area contributed by atoms with Crippen LogP contribution < -0.4 is 5.32 Å². The Hall–Kier alpha value is -0.970. The minimum atomic E-state index is -4.17. The Labute approximate surface area is 91.8 Å². The lowest BCUT2D eigenvalue weighted by atomic mass is 10.1. The van der Waals surface area contributed by atoms with E-state index in [2.05, 4.69) is 5.32 Å². The second-order valence-corrected chi connectivity index (χ2v) is 4.20. The van der Waals surface area contributed by atoms with Gasteiger partial charge >= 0.3 is 6.18 Å². The van der Waals surface area contributed by atoms with Crippen LogP contribution in [0.4, 0.5) is 13.2 Å². The Morgan fingerprint density at radius 1 is 1.50 bits per heavy atom. The predicted octanol–water partition coefficient (Wildman–Crippen LogP) is 3.42. The molecule has 1 atom stereocenters. The second-order valence-electron chi connectivity index (χ2n) is 4.20. The zero-order valence-corrected chi connectivity index (χ0v) is 8.97. The standard InChI is InChI=1S/C11H14F3NO/c1-2-8(9-4-3-7-16-9)15-10(5-6-10)11(12,13)14/h3-4,7-8,15H,2,5-6H2,1H3. The zero-order valence-electron chi connectivity index (χ0n) is 8.97. The van der Waals surface area contributed by atoms with E-state index in [1.165, 1.54) is 6.26 Å². The number of nitrogens with one attached hydrogen (secondary N) is 1. The zero-order chi connectivity index (χ0) is 11.8. The van der Waals surface area contributed by atoms with Gasteiger partial charge in [0.1, 0.15) is 11.3 Å². The summed E-state index contributed by atoms with van der Waals surface area (Å²) in [6.07, 6.45) is -1.80. The van der Waals surface area contributed by atoms with Crippen molar-refractivity contribution in [3.63, 3.8) is 0 Å². The van der Waals surface area contributed by atoms with E-state index in [1.54, 1.807) is 12.1 Å². The van der Waals surface area contributed by atoms with E-state index in [4.69, 9.17) is 4.42 Å². The van der Waals surface area contributed by atoms with Crippen LogP contribution in [0.3, 0.4) is 0 Å². The molecular weight excluding hydrogens is 219 g/mol. The maximum Gasteiger partial charge on any atom is 0.406 e. The molecule has 1 fully saturated rings. The maximum absolute atomic E-state index is 12.7. The summed E-state index contributed by atoms with van der Waals surface area (Å²) >= 11 is 0. The summed E-state index contributed by atoms with van der Waals surface area (Å²) in [6.45, 7) is 1.84. The van der Waals surface area contributed by atoms with Crippen molar-refractivity contribution in [2.75, 3.05) is 0 Å². The molecule has 0 bridgehead atoms. The Morgan fingerprint density at radius 2 is 2.19 bits per heavy atom. The van der Waals surface area contributed by atoms with Gasteiger partial charge in [0.2, 0.25) is 0 Å². The molecule has 0 amide bonds. The molecule has 5 heteroatoms. The van der Waals surface area contributed by atoms with Crippen LogP contribution in [0.2, 0.25) is 0 Å². The van der Waals surface area contributed by atoms with Crippen LogP contribution in [0, 0.1) is 0 Å². The number of rotatable bonds is 4. The van der Waals surface area contributed by atoms with Gasteiger partial charge in [0.15, 0.2) is 0 Å². The molecule has 90 valence electrons. The summed E-state index contributed by atoms with van der Waals surface area (Å²) < 4.78 is 43.4. The van der Waals surface area contributed by atoms with E-state index in [0.717, 1.165) is 0 Å². The average Bonchev–Trinajstić information content (AvgIpc) is 2.81. The molecule has 0 spiro atoms. The first kappa shape index (κ1) is 11.5. The van der Waals surface area contributed by atoms with Gasteiger partial charge in [-0.2, -0.15) is 13.2 Å². The summed E-state index contributed by atoms with van der Waals surface area (Å²) in [5.41, 5.74) is -1.68. The molecular formula is C11H14F3NO. The van der Waals surface area contributed by atoms with Crippen molar-refractivity contribution < 1.29 is 17.6 Å². The van der Waals surface area contributed by atoms with Crippen LogP contribution in [-0.2, 0) is 0 Å². The third kappa shape index (κ3) is 1.96. The first-order valence-corrected chi connectivity index (χ1v) is 5.36. The number of hydrogen-bond donors (Lipinski definition) is 1. The highest BCUT2D eigenvalue weighted by atomic mass is 19.4. The minimum absolute atomic E-state index is 0.160. The molecule has 1 aromatic rings. The van der Waals surface area contributed by atoms with Crippen molar-refractivity contribution in [3.05, 3.63) is 24.2 Å². The van der Waals surface area contributed by atoms with Gasteiger partial charge in [-0.15, -0.1) is 0 Å². The van der Waals surface area contributed by atoms with Gasteiger partial charge in [-0.25, -0.2) is 0 Å². The Morgan fingerprint density at radius 3 is 2.56 bits per heavy atom. The first-order chi connectivity index (χ1) is 7.48. The predicted molar refractivity (Wildman–Crippen MR) is 52.9 cm³/mol. The summed E-state index contributed by atoms with van der Waals surface area (Å²) in [5, 5.41) is 2.68. The minimum Gasteiger partial charge on any atom is -0.468 e. The van der Waals surface area contributed by atoms with E-state index in [-0.39, 0.29) is 18.9 Å². The summed E-state index contributed by atoms with van der Waals surface area (Å²) in [6, 6.07) is 3.03. The van der Waals surface area contributed by atoms with Gasteiger partial charge in [0.05, 0.1) is 12.3 Å². The normalized spacial score (nSPS) is 20.8. The monoisotopic (exact) mass is 233 g/mol. The van der Waals surface area contributed by atoms with Crippen molar-refractivity contribution in [1.82, 2.24) is 5.32 Å². The van der Waals surface area contributed by atoms with Crippen LogP contribution in [0.25, 0.3) is 0 Å². The lowest BCUT2D eigenvalue weighted by molar-refractivity contribution is -0.168. The highest BCUT2D eigenvalue weighted by molar-refractivity contribution is 5.13. The fraction of sp³-hybridized carbons (Fsp3) is 0.636.